The summed E-state index contributed by atoms with van der Waals surface area (Å²) in [6.45, 7) is 4.03. The number of carbonyl (C=O) groups excluding carboxylic acids is 1. The summed E-state index contributed by atoms with van der Waals surface area (Å²) in [7, 11) is 0. The van der Waals surface area contributed by atoms with E-state index in [-0.39, 0.29) is 12.5 Å². The summed E-state index contributed by atoms with van der Waals surface area (Å²) in [5, 5.41) is 3.25. The van der Waals surface area contributed by atoms with Gasteiger partial charge in [-0.15, -0.1) is 0 Å². The van der Waals surface area contributed by atoms with Crippen molar-refractivity contribution in [3.8, 4) is 5.75 Å². The van der Waals surface area contributed by atoms with Gasteiger partial charge in [0, 0.05) is 24.0 Å². The van der Waals surface area contributed by atoms with Crippen molar-refractivity contribution in [2.75, 3.05) is 29.9 Å². The lowest BCUT2D eigenvalue weighted by Crippen LogP contribution is -2.39. The minimum atomic E-state index is 0.105. The van der Waals surface area contributed by atoms with E-state index in [9.17, 15) is 4.79 Å². The number of amides is 1. The number of rotatable bonds is 9. The number of hydrogen-bond acceptors (Lipinski definition) is 3. The molecule has 1 heterocycles. The number of nitrogens with zero attached hydrogens (tertiary/aromatic N) is 1. The van der Waals surface area contributed by atoms with Crippen LogP contribution in [0.4, 0.5) is 11.4 Å². The zero-order chi connectivity index (χ0) is 18.9. The summed E-state index contributed by atoms with van der Waals surface area (Å²) in [5.41, 5.74) is 3.23. The molecule has 1 amide bonds. The Morgan fingerprint density at radius 1 is 1.11 bits per heavy atom. The summed E-state index contributed by atoms with van der Waals surface area (Å²) in [6.07, 6.45) is 6.84. The van der Waals surface area contributed by atoms with Crippen LogP contribution in [0.15, 0.2) is 48.5 Å². The molecule has 27 heavy (non-hydrogen) atoms. The molecule has 0 aromatic heterocycles. The molecule has 0 saturated heterocycles. The first-order chi connectivity index (χ1) is 13.3. The lowest BCUT2D eigenvalue weighted by atomic mass is 10.0. The Balaban J connectivity index is 1.51. The highest BCUT2D eigenvalue weighted by Gasteiger charge is 2.21. The molecule has 0 fully saturated rings. The van der Waals surface area contributed by atoms with Crippen LogP contribution in [0.1, 0.15) is 44.6 Å². The van der Waals surface area contributed by atoms with Crippen molar-refractivity contribution in [3.63, 3.8) is 0 Å². The maximum Gasteiger partial charge on any atom is 0.246 e. The van der Waals surface area contributed by atoms with Crippen molar-refractivity contribution in [1.82, 2.24) is 0 Å². The van der Waals surface area contributed by atoms with Gasteiger partial charge in [0.1, 0.15) is 5.75 Å². The summed E-state index contributed by atoms with van der Waals surface area (Å²) in [6, 6.07) is 16.1. The molecule has 1 N–H and O–H groups in total. The Labute approximate surface area is 162 Å². The number of nitrogens with one attached hydrogen (secondary N) is 1. The highest BCUT2D eigenvalue weighted by molar-refractivity contribution is 5.97. The van der Waals surface area contributed by atoms with Crippen LogP contribution >= 0.6 is 0 Å². The first-order valence-corrected chi connectivity index (χ1v) is 10.1. The molecule has 2 aromatic carbocycles. The SMILES string of the molecule is CCCCCCOc1cccc(NCC(=O)N2CCCc3ccccc32)c1. The predicted octanol–water partition coefficient (Wildman–Crippen LogP) is 5.04. The minimum Gasteiger partial charge on any atom is -0.494 e. The van der Waals surface area contributed by atoms with E-state index in [4.69, 9.17) is 4.74 Å². The fraction of sp³-hybridized carbons (Fsp3) is 0.435. The second-order valence-corrected chi connectivity index (χ2v) is 7.07. The van der Waals surface area contributed by atoms with Gasteiger partial charge in [-0.3, -0.25) is 4.79 Å². The number of hydrogen-bond donors (Lipinski definition) is 1. The topological polar surface area (TPSA) is 41.6 Å². The molecule has 1 aliphatic rings. The number of ether oxygens (including phenoxy) is 1. The molecule has 3 rings (SSSR count). The number of carbonyl (C=O) groups is 1. The van der Waals surface area contributed by atoms with Gasteiger partial charge in [-0.2, -0.15) is 0 Å². The Hall–Kier alpha value is -2.49. The van der Waals surface area contributed by atoms with Crippen molar-refractivity contribution >= 4 is 17.3 Å². The normalized spacial score (nSPS) is 13.1. The molecule has 0 unspecified atom stereocenters. The molecular weight excluding hydrogens is 336 g/mol. The van der Waals surface area contributed by atoms with E-state index in [1.165, 1.54) is 24.8 Å². The molecule has 0 saturated carbocycles. The number of anilines is 2. The molecular formula is C23H30N2O2. The van der Waals surface area contributed by atoms with Crippen molar-refractivity contribution in [2.24, 2.45) is 0 Å². The Morgan fingerprint density at radius 3 is 2.89 bits per heavy atom. The second kappa shape index (κ2) is 10.0. The third kappa shape index (κ3) is 5.49. The van der Waals surface area contributed by atoms with Crippen LogP contribution in [0.2, 0.25) is 0 Å². The van der Waals surface area contributed by atoms with E-state index in [1.807, 2.05) is 47.4 Å². The standard InChI is InChI=1S/C23H30N2O2/c1-2-3-4-7-16-27-21-13-8-12-20(17-21)24-18-23(26)25-15-9-11-19-10-5-6-14-22(19)25/h5-6,8,10,12-14,17,24H,2-4,7,9,11,15-16,18H2,1H3. The third-order valence-corrected chi connectivity index (χ3v) is 4.96. The number of fused-ring (bicyclic) bond motifs is 1. The number of para-hydroxylation sites is 1. The molecule has 1 aliphatic heterocycles. The molecule has 4 nitrogen and oxygen atoms in total. The first kappa shape index (κ1) is 19.3. The van der Waals surface area contributed by atoms with Crippen LogP contribution < -0.4 is 15.0 Å². The van der Waals surface area contributed by atoms with Gasteiger partial charge < -0.3 is 15.0 Å². The van der Waals surface area contributed by atoms with Gasteiger partial charge in [0.25, 0.3) is 0 Å². The maximum absolute atomic E-state index is 12.7. The molecule has 144 valence electrons. The van der Waals surface area contributed by atoms with Crippen LogP contribution in [0, 0.1) is 0 Å². The first-order valence-electron chi connectivity index (χ1n) is 10.1. The zero-order valence-electron chi connectivity index (χ0n) is 16.2. The van der Waals surface area contributed by atoms with E-state index in [1.54, 1.807) is 0 Å². The fourth-order valence-corrected chi connectivity index (χ4v) is 3.48. The van der Waals surface area contributed by atoms with Gasteiger partial charge in [-0.05, 0) is 43.0 Å². The summed E-state index contributed by atoms with van der Waals surface area (Å²) in [5.74, 6) is 0.959. The third-order valence-electron chi connectivity index (χ3n) is 4.96. The molecule has 0 radical (unpaired) electrons. The lowest BCUT2D eigenvalue weighted by molar-refractivity contribution is -0.117. The molecule has 0 atom stereocenters. The smallest absolute Gasteiger partial charge is 0.246 e. The maximum atomic E-state index is 12.7. The summed E-state index contributed by atoms with van der Waals surface area (Å²) in [4.78, 5) is 14.6. The minimum absolute atomic E-state index is 0.105. The fourth-order valence-electron chi connectivity index (χ4n) is 3.48. The van der Waals surface area contributed by atoms with Crippen LogP contribution in [0.25, 0.3) is 0 Å². The van der Waals surface area contributed by atoms with Gasteiger partial charge >= 0.3 is 0 Å². The average Bonchev–Trinajstić information content (AvgIpc) is 2.72. The molecule has 0 bridgehead atoms. The highest BCUT2D eigenvalue weighted by Crippen LogP contribution is 2.26. The largest absolute Gasteiger partial charge is 0.494 e. The van der Waals surface area contributed by atoms with E-state index in [0.717, 1.165) is 49.5 Å². The van der Waals surface area contributed by atoms with Crippen LogP contribution in [-0.4, -0.2) is 25.6 Å². The lowest BCUT2D eigenvalue weighted by Gasteiger charge is -2.29. The van der Waals surface area contributed by atoms with Gasteiger partial charge in [0.2, 0.25) is 5.91 Å². The quantitative estimate of drug-likeness (QED) is 0.632. The highest BCUT2D eigenvalue weighted by atomic mass is 16.5. The summed E-state index contributed by atoms with van der Waals surface area (Å²) < 4.78 is 5.83. The average molecular weight is 367 g/mol. The van der Waals surface area contributed by atoms with Crippen LogP contribution in [0.5, 0.6) is 5.75 Å². The van der Waals surface area contributed by atoms with E-state index in [2.05, 4.69) is 18.3 Å². The Morgan fingerprint density at radius 2 is 2.00 bits per heavy atom. The van der Waals surface area contributed by atoms with Gasteiger partial charge in [-0.25, -0.2) is 0 Å². The van der Waals surface area contributed by atoms with Gasteiger partial charge in [0.15, 0.2) is 0 Å². The van der Waals surface area contributed by atoms with Crippen molar-refractivity contribution in [3.05, 3.63) is 54.1 Å². The zero-order valence-corrected chi connectivity index (χ0v) is 16.2. The predicted molar refractivity (Wildman–Crippen MR) is 112 cm³/mol. The second-order valence-electron chi connectivity index (χ2n) is 7.07. The summed E-state index contributed by atoms with van der Waals surface area (Å²) >= 11 is 0. The number of aryl methyl sites for hydroxylation is 1. The van der Waals surface area contributed by atoms with Gasteiger partial charge in [0.05, 0.1) is 13.2 Å². The van der Waals surface area contributed by atoms with Crippen molar-refractivity contribution < 1.29 is 9.53 Å². The molecule has 4 heteroatoms. The number of unbranched alkanes of at least 4 members (excludes halogenated alkanes) is 3. The van der Waals surface area contributed by atoms with E-state index < -0.39 is 0 Å². The van der Waals surface area contributed by atoms with Gasteiger partial charge in [-0.1, -0.05) is 50.5 Å². The van der Waals surface area contributed by atoms with Crippen molar-refractivity contribution in [2.45, 2.75) is 45.4 Å². The van der Waals surface area contributed by atoms with Crippen LogP contribution in [0.3, 0.4) is 0 Å². The Kier molecular flexibility index (Phi) is 7.14. The van der Waals surface area contributed by atoms with Crippen molar-refractivity contribution in [1.29, 1.82) is 0 Å². The Bertz CT molecular complexity index is 745. The monoisotopic (exact) mass is 366 g/mol. The molecule has 0 aliphatic carbocycles. The molecule has 2 aromatic rings. The van der Waals surface area contributed by atoms with Crippen LogP contribution in [-0.2, 0) is 11.2 Å². The number of benzene rings is 2. The van der Waals surface area contributed by atoms with E-state index >= 15 is 0 Å². The molecule has 0 spiro atoms. The van der Waals surface area contributed by atoms with E-state index in [0.29, 0.717) is 0 Å².